The van der Waals surface area contributed by atoms with E-state index >= 15 is 0 Å². The third-order valence-electron chi connectivity index (χ3n) is 4.28. The summed E-state index contributed by atoms with van der Waals surface area (Å²) in [4.78, 5) is 29.9. The number of hydroxylamine groups is 2. The molecule has 3 rings (SSSR count). The fraction of sp³-hybridized carbons (Fsp3) is 0.467. The summed E-state index contributed by atoms with van der Waals surface area (Å²) < 4.78 is 0. The molecule has 1 spiro atoms. The van der Waals surface area contributed by atoms with E-state index in [4.69, 9.17) is 28.0 Å². The summed E-state index contributed by atoms with van der Waals surface area (Å²) >= 11 is 11.9. The summed E-state index contributed by atoms with van der Waals surface area (Å²) in [7, 11) is 0. The van der Waals surface area contributed by atoms with Crippen LogP contribution in [0.5, 0.6) is 0 Å². The molecule has 1 aliphatic heterocycles. The summed E-state index contributed by atoms with van der Waals surface area (Å²) in [5.41, 5.74) is 0.176. The number of rotatable bonds is 3. The van der Waals surface area contributed by atoms with E-state index in [0.29, 0.717) is 15.6 Å². The number of carbonyl (C=O) groups excluding carboxylic acids is 2. The molecule has 1 saturated carbocycles. The number of halogens is 2. The average molecular weight is 328 g/mol. The number of hydrogen-bond acceptors (Lipinski definition) is 3. The molecule has 2 fully saturated rings. The Morgan fingerprint density at radius 3 is 2.57 bits per heavy atom. The maximum Gasteiger partial charge on any atom is 0.260 e. The lowest BCUT2D eigenvalue weighted by Gasteiger charge is -2.20. The summed E-state index contributed by atoms with van der Waals surface area (Å²) in [5.74, 6) is -0.456. The first kappa shape index (κ1) is 14.8. The van der Waals surface area contributed by atoms with Crippen LogP contribution in [-0.2, 0) is 21.0 Å². The summed E-state index contributed by atoms with van der Waals surface area (Å²) in [6.45, 7) is 0.0730. The highest BCUT2D eigenvalue weighted by Gasteiger charge is 2.53. The number of imide groups is 1. The zero-order chi connectivity index (χ0) is 15.0. The summed E-state index contributed by atoms with van der Waals surface area (Å²) in [6.07, 6.45) is 3.81. The van der Waals surface area contributed by atoms with Crippen LogP contribution in [0.4, 0.5) is 0 Å². The molecular formula is C15H15Cl2NO3. The second kappa shape index (κ2) is 5.59. The van der Waals surface area contributed by atoms with E-state index in [9.17, 15) is 9.59 Å². The standard InChI is InChI=1S/C15H15Cl2NO3/c16-11-4-3-10(12(17)7-11)9-21-18-13(19)8-15(14(18)20)5-1-2-6-15/h3-4,7H,1-2,5-6,8-9H2. The van der Waals surface area contributed by atoms with Gasteiger partial charge in [-0.05, 0) is 30.5 Å². The van der Waals surface area contributed by atoms with Crippen molar-refractivity contribution >= 4 is 35.0 Å². The molecule has 0 bridgehead atoms. The zero-order valence-corrected chi connectivity index (χ0v) is 12.9. The van der Waals surface area contributed by atoms with Crippen LogP contribution in [0.3, 0.4) is 0 Å². The second-order valence-electron chi connectivity index (χ2n) is 5.67. The number of nitrogens with zero attached hydrogens (tertiary/aromatic N) is 1. The SMILES string of the molecule is O=C1CC2(CCCC2)C(=O)N1OCc1ccc(Cl)cc1Cl. The van der Waals surface area contributed by atoms with Gasteiger partial charge in [0, 0.05) is 16.5 Å². The van der Waals surface area contributed by atoms with E-state index in [2.05, 4.69) is 0 Å². The maximum atomic E-state index is 12.4. The molecule has 0 aromatic heterocycles. The monoisotopic (exact) mass is 327 g/mol. The van der Waals surface area contributed by atoms with Crippen molar-refractivity contribution < 1.29 is 14.4 Å². The Bertz CT molecular complexity index is 597. The quantitative estimate of drug-likeness (QED) is 0.794. The molecule has 0 unspecified atom stereocenters. The van der Waals surface area contributed by atoms with E-state index in [1.807, 2.05) is 0 Å². The smallest absolute Gasteiger partial charge is 0.260 e. The fourth-order valence-corrected chi connectivity index (χ4v) is 3.57. The third-order valence-corrected chi connectivity index (χ3v) is 4.87. The van der Waals surface area contributed by atoms with E-state index in [-0.39, 0.29) is 24.8 Å². The largest absolute Gasteiger partial charge is 0.272 e. The van der Waals surface area contributed by atoms with Gasteiger partial charge in [-0.25, -0.2) is 0 Å². The third kappa shape index (κ3) is 2.68. The topological polar surface area (TPSA) is 46.6 Å². The van der Waals surface area contributed by atoms with Crippen molar-refractivity contribution in [3.8, 4) is 0 Å². The van der Waals surface area contributed by atoms with Gasteiger partial charge in [0.2, 0.25) is 0 Å². The Kier molecular flexibility index (Phi) is 3.95. The first-order valence-corrected chi connectivity index (χ1v) is 7.72. The fourth-order valence-electron chi connectivity index (χ4n) is 3.11. The number of carbonyl (C=O) groups is 2. The van der Waals surface area contributed by atoms with Crippen molar-refractivity contribution in [1.82, 2.24) is 5.06 Å². The number of benzene rings is 1. The van der Waals surface area contributed by atoms with Gasteiger partial charge in [0.05, 0.1) is 5.41 Å². The van der Waals surface area contributed by atoms with Crippen LogP contribution in [0.2, 0.25) is 10.0 Å². The Morgan fingerprint density at radius 1 is 1.19 bits per heavy atom. The van der Waals surface area contributed by atoms with Gasteiger partial charge in [0.25, 0.3) is 11.8 Å². The Balaban J connectivity index is 1.70. The van der Waals surface area contributed by atoms with Crippen molar-refractivity contribution in [2.75, 3.05) is 0 Å². The van der Waals surface area contributed by atoms with Crippen LogP contribution in [0, 0.1) is 5.41 Å². The van der Waals surface area contributed by atoms with E-state index in [1.54, 1.807) is 18.2 Å². The predicted molar refractivity (Wildman–Crippen MR) is 78.6 cm³/mol. The lowest BCUT2D eigenvalue weighted by Crippen LogP contribution is -2.34. The normalized spacial score (nSPS) is 20.8. The molecular weight excluding hydrogens is 313 g/mol. The predicted octanol–water partition coefficient (Wildman–Crippen LogP) is 3.74. The van der Waals surface area contributed by atoms with Crippen molar-refractivity contribution in [1.29, 1.82) is 0 Å². The van der Waals surface area contributed by atoms with E-state index in [0.717, 1.165) is 30.7 Å². The van der Waals surface area contributed by atoms with Gasteiger partial charge in [-0.2, -0.15) is 5.06 Å². The first-order valence-electron chi connectivity index (χ1n) is 6.96. The minimum absolute atomic E-state index is 0.0730. The molecule has 0 atom stereocenters. The first-order chi connectivity index (χ1) is 10.0. The molecule has 1 saturated heterocycles. The van der Waals surface area contributed by atoms with Crippen molar-refractivity contribution in [2.24, 2.45) is 5.41 Å². The molecule has 1 aliphatic carbocycles. The highest BCUT2D eigenvalue weighted by molar-refractivity contribution is 6.35. The van der Waals surface area contributed by atoms with Crippen molar-refractivity contribution in [2.45, 2.75) is 38.7 Å². The molecule has 21 heavy (non-hydrogen) atoms. The summed E-state index contributed by atoms with van der Waals surface area (Å²) in [6, 6.07) is 5.02. The molecule has 2 aliphatic rings. The molecule has 0 N–H and O–H groups in total. The van der Waals surface area contributed by atoms with Crippen molar-refractivity contribution in [3.05, 3.63) is 33.8 Å². The second-order valence-corrected chi connectivity index (χ2v) is 6.51. The molecule has 6 heteroatoms. The molecule has 1 heterocycles. The van der Waals surface area contributed by atoms with Crippen LogP contribution < -0.4 is 0 Å². The van der Waals surface area contributed by atoms with E-state index in [1.165, 1.54) is 0 Å². The van der Waals surface area contributed by atoms with Gasteiger partial charge in [-0.15, -0.1) is 0 Å². The van der Waals surface area contributed by atoms with Crippen molar-refractivity contribution in [3.63, 3.8) is 0 Å². The Labute approximate surface area is 132 Å². The van der Waals surface area contributed by atoms with Gasteiger partial charge >= 0.3 is 0 Å². The maximum absolute atomic E-state index is 12.4. The van der Waals surface area contributed by atoms with Gasteiger partial charge < -0.3 is 0 Å². The lowest BCUT2D eigenvalue weighted by molar-refractivity contribution is -0.194. The van der Waals surface area contributed by atoms with Crippen LogP contribution in [0.25, 0.3) is 0 Å². The Hall–Kier alpha value is -1.10. The number of hydrogen-bond donors (Lipinski definition) is 0. The minimum Gasteiger partial charge on any atom is -0.272 e. The minimum atomic E-state index is -0.513. The van der Waals surface area contributed by atoms with Crippen LogP contribution >= 0.6 is 23.2 Å². The average Bonchev–Trinajstić information content (AvgIpc) is 2.98. The molecule has 1 aromatic rings. The zero-order valence-electron chi connectivity index (χ0n) is 11.4. The number of amides is 2. The highest BCUT2D eigenvalue weighted by Crippen LogP contribution is 2.47. The Morgan fingerprint density at radius 2 is 1.90 bits per heavy atom. The van der Waals surface area contributed by atoms with Gasteiger partial charge in [0.1, 0.15) is 6.61 Å². The van der Waals surface area contributed by atoms with Crippen LogP contribution in [0.1, 0.15) is 37.7 Å². The molecule has 1 aromatic carbocycles. The van der Waals surface area contributed by atoms with Gasteiger partial charge in [-0.1, -0.05) is 42.1 Å². The van der Waals surface area contributed by atoms with Crippen LogP contribution in [-0.4, -0.2) is 16.9 Å². The molecule has 2 amide bonds. The highest BCUT2D eigenvalue weighted by atomic mass is 35.5. The molecule has 112 valence electrons. The summed E-state index contributed by atoms with van der Waals surface area (Å²) in [5, 5.41) is 1.91. The van der Waals surface area contributed by atoms with E-state index < -0.39 is 5.41 Å². The van der Waals surface area contributed by atoms with Gasteiger partial charge in [-0.3, -0.25) is 14.4 Å². The lowest BCUT2D eigenvalue weighted by atomic mass is 9.85. The molecule has 4 nitrogen and oxygen atoms in total. The van der Waals surface area contributed by atoms with Gasteiger partial charge in [0.15, 0.2) is 0 Å². The molecule has 0 radical (unpaired) electrons. The van der Waals surface area contributed by atoms with Crippen LogP contribution in [0.15, 0.2) is 18.2 Å².